The van der Waals surface area contributed by atoms with Crippen LogP contribution in [0.1, 0.15) is 5.69 Å². The molecule has 0 atom stereocenters. The Morgan fingerprint density at radius 2 is 1.69 bits per heavy atom. The standard InChI is InChI=1S/C14H7Cl2F3N4O2S/c1-22-8(14(17,18)19)4-11(24)23(13(22)25)12-20-7(5-26-12)6-2-9(15)21-10(16)3-6/h2-5H,1H3. The second-order valence-corrected chi connectivity index (χ2v) is 6.67. The van der Waals surface area contributed by atoms with Crippen LogP contribution in [0.2, 0.25) is 10.3 Å². The van der Waals surface area contributed by atoms with Crippen LogP contribution in [0.5, 0.6) is 0 Å². The minimum Gasteiger partial charge on any atom is -0.292 e. The minimum absolute atomic E-state index is 0.0802. The van der Waals surface area contributed by atoms with Crippen LogP contribution in [-0.4, -0.2) is 19.1 Å². The Morgan fingerprint density at radius 3 is 2.27 bits per heavy atom. The molecule has 0 unspecified atom stereocenters. The lowest BCUT2D eigenvalue weighted by atomic mass is 10.2. The lowest BCUT2D eigenvalue weighted by Crippen LogP contribution is -2.40. The summed E-state index contributed by atoms with van der Waals surface area (Å²) in [6.07, 6.45) is -4.83. The molecule has 0 aliphatic carbocycles. The molecule has 0 spiro atoms. The third-order valence-corrected chi connectivity index (χ3v) is 4.57. The molecule has 0 saturated carbocycles. The van der Waals surface area contributed by atoms with Gasteiger partial charge in [-0.25, -0.2) is 19.3 Å². The average Bonchev–Trinajstić information content (AvgIpc) is 2.98. The van der Waals surface area contributed by atoms with Gasteiger partial charge in [0.2, 0.25) is 5.13 Å². The van der Waals surface area contributed by atoms with Crippen LogP contribution in [0, 0.1) is 0 Å². The van der Waals surface area contributed by atoms with Crippen LogP contribution in [0.15, 0.2) is 33.2 Å². The first-order chi connectivity index (χ1) is 12.1. The molecule has 26 heavy (non-hydrogen) atoms. The summed E-state index contributed by atoms with van der Waals surface area (Å²) in [5.74, 6) is 0. The van der Waals surface area contributed by atoms with Gasteiger partial charge in [-0.2, -0.15) is 13.2 Å². The largest absolute Gasteiger partial charge is 0.431 e. The number of hydrogen-bond acceptors (Lipinski definition) is 5. The van der Waals surface area contributed by atoms with Crippen LogP contribution >= 0.6 is 34.5 Å². The molecule has 0 radical (unpaired) electrons. The quantitative estimate of drug-likeness (QED) is 0.593. The molecule has 3 rings (SSSR count). The number of halogens is 5. The lowest BCUT2D eigenvalue weighted by molar-refractivity contribution is -0.144. The van der Waals surface area contributed by atoms with E-state index in [0.29, 0.717) is 26.5 Å². The van der Waals surface area contributed by atoms with Crippen LogP contribution in [0.25, 0.3) is 16.4 Å². The van der Waals surface area contributed by atoms with Crippen molar-refractivity contribution < 1.29 is 13.2 Å². The van der Waals surface area contributed by atoms with E-state index in [2.05, 4.69) is 9.97 Å². The number of rotatable bonds is 2. The Morgan fingerprint density at radius 1 is 1.08 bits per heavy atom. The molecular formula is C14H7Cl2F3N4O2S. The van der Waals surface area contributed by atoms with E-state index < -0.39 is 23.1 Å². The van der Waals surface area contributed by atoms with E-state index in [0.717, 1.165) is 18.4 Å². The zero-order valence-corrected chi connectivity index (χ0v) is 15.0. The van der Waals surface area contributed by atoms with Crippen molar-refractivity contribution in [2.24, 2.45) is 7.05 Å². The summed E-state index contributed by atoms with van der Waals surface area (Å²) >= 11 is 12.6. The first-order valence-electron chi connectivity index (χ1n) is 6.77. The van der Waals surface area contributed by atoms with Gasteiger partial charge in [-0.3, -0.25) is 9.36 Å². The smallest absolute Gasteiger partial charge is 0.292 e. The highest BCUT2D eigenvalue weighted by molar-refractivity contribution is 7.12. The summed E-state index contributed by atoms with van der Waals surface area (Å²) < 4.78 is 39.6. The number of thiazole rings is 1. The van der Waals surface area contributed by atoms with Crippen molar-refractivity contribution in [2.75, 3.05) is 0 Å². The van der Waals surface area contributed by atoms with Crippen molar-refractivity contribution in [1.82, 2.24) is 19.1 Å². The van der Waals surface area contributed by atoms with Gasteiger partial charge in [0.05, 0.1) is 5.69 Å². The van der Waals surface area contributed by atoms with E-state index >= 15 is 0 Å². The van der Waals surface area contributed by atoms with Crippen LogP contribution in [0.4, 0.5) is 13.2 Å². The van der Waals surface area contributed by atoms with Gasteiger partial charge in [0, 0.05) is 24.1 Å². The minimum atomic E-state index is -4.83. The van der Waals surface area contributed by atoms with E-state index in [1.54, 1.807) is 0 Å². The van der Waals surface area contributed by atoms with Crippen molar-refractivity contribution in [3.8, 4) is 16.4 Å². The molecule has 0 bridgehead atoms. The molecule has 136 valence electrons. The first kappa shape index (κ1) is 18.6. The average molecular weight is 423 g/mol. The Labute approximate surface area is 157 Å². The maximum Gasteiger partial charge on any atom is 0.431 e. The first-order valence-corrected chi connectivity index (χ1v) is 8.41. The van der Waals surface area contributed by atoms with Crippen LogP contribution in [0.3, 0.4) is 0 Å². The van der Waals surface area contributed by atoms with Crippen molar-refractivity contribution in [3.63, 3.8) is 0 Å². The van der Waals surface area contributed by atoms with Crippen LogP contribution < -0.4 is 11.2 Å². The normalized spacial score (nSPS) is 11.8. The molecule has 0 aliphatic rings. The van der Waals surface area contributed by atoms with E-state index in [1.807, 2.05) is 0 Å². The molecule has 3 heterocycles. The van der Waals surface area contributed by atoms with Gasteiger partial charge in [-0.15, -0.1) is 11.3 Å². The topological polar surface area (TPSA) is 69.8 Å². The number of pyridine rings is 1. The molecule has 3 aromatic heterocycles. The fourth-order valence-corrected chi connectivity index (χ4v) is 3.48. The Bertz CT molecular complexity index is 1100. The SMILES string of the molecule is Cn1c(C(F)(F)F)cc(=O)n(-c2nc(-c3cc(Cl)nc(Cl)c3)cs2)c1=O. The predicted molar refractivity (Wildman–Crippen MR) is 91.2 cm³/mol. The van der Waals surface area contributed by atoms with Crippen molar-refractivity contribution in [3.05, 3.63) is 60.4 Å². The Hall–Kier alpha value is -2.17. The fraction of sp³-hybridized carbons (Fsp3) is 0.143. The van der Waals surface area contributed by atoms with Gasteiger partial charge in [0.1, 0.15) is 16.0 Å². The summed E-state index contributed by atoms with van der Waals surface area (Å²) in [6, 6.07) is 3.29. The number of hydrogen-bond donors (Lipinski definition) is 0. The second kappa shape index (κ2) is 6.53. The van der Waals surface area contributed by atoms with Gasteiger partial charge < -0.3 is 0 Å². The molecule has 0 aliphatic heterocycles. The van der Waals surface area contributed by atoms with Gasteiger partial charge in [-0.1, -0.05) is 23.2 Å². The van der Waals surface area contributed by atoms with Gasteiger partial charge in [0.15, 0.2) is 0 Å². The molecular weight excluding hydrogens is 416 g/mol. The third kappa shape index (κ3) is 3.39. The summed E-state index contributed by atoms with van der Waals surface area (Å²) in [7, 11) is 0.929. The van der Waals surface area contributed by atoms with E-state index in [4.69, 9.17) is 23.2 Å². The zero-order valence-electron chi connectivity index (χ0n) is 12.7. The van der Waals surface area contributed by atoms with Gasteiger partial charge >= 0.3 is 11.9 Å². The third-order valence-electron chi connectivity index (χ3n) is 3.35. The molecule has 0 amide bonds. The maximum absolute atomic E-state index is 12.9. The zero-order chi connectivity index (χ0) is 19.2. The summed E-state index contributed by atoms with van der Waals surface area (Å²) in [5, 5.41) is 1.67. The molecule has 6 nitrogen and oxygen atoms in total. The molecule has 0 saturated heterocycles. The molecule has 12 heteroatoms. The summed E-state index contributed by atoms with van der Waals surface area (Å²) in [6.45, 7) is 0. The summed E-state index contributed by atoms with van der Waals surface area (Å²) in [5.41, 5.74) is -2.81. The number of alkyl halides is 3. The lowest BCUT2D eigenvalue weighted by Gasteiger charge is -2.12. The number of nitrogens with zero attached hydrogens (tertiary/aromatic N) is 4. The Kier molecular flexibility index (Phi) is 4.67. The second-order valence-electron chi connectivity index (χ2n) is 5.06. The van der Waals surface area contributed by atoms with Gasteiger partial charge in [-0.05, 0) is 12.1 Å². The predicted octanol–water partition coefficient (Wildman–Crippen LogP) is 3.38. The van der Waals surface area contributed by atoms with Crippen molar-refractivity contribution in [1.29, 1.82) is 0 Å². The van der Waals surface area contributed by atoms with Crippen molar-refractivity contribution in [2.45, 2.75) is 6.18 Å². The molecule has 3 aromatic rings. The van der Waals surface area contributed by atoms with E-state index in [-0.39, 0.29) is 15.4 Å². The van der Waals surface area contributed by atoms with Crippen LogP contribution in [-0.2, 0) is 13.2 Å². The Balaban J connectivity index is 2.15. The highest BCUT2D eigenvalue weighted by Gasteiger charge is 2.35. The number of aromatic nitrogens is 4. The molecule has 0 fully saturated rings. The summed E-state index contributed by atoms with van der Waals surface area (Å²) in [4.78, 5) is 32.2. The molecule has 0 aromatic carbocycles. The van der Waals surface area contributed by atoms with E-state index in [1.165, 1.54) is 17.5 Å². The monoisotopic (exact) mass is 422 g/mol. The highest BCUT2D eigenvalue weighted by atomic mass is 35.5. The van der Waals surface area contributed by atoms with E-state index in [9.17, 15) is 22.8 Å². The van der Waals surface area contributed by atoms with Gasteiger partial charge in [0.25, 0.3) is 5.56 Å². The fourth-order valence-electron chi connectivity index (χ4n) is 2.19. The highest BCUT2D eigenvalue weighted by Crippen LogP contribution is 2.28. The maximum atomic E-state index is 12.9. The molecule has 0 N–H and O–H groups in total. The van der Waals surface area contributed by atoms with Crippen molar-refractivity contribution >= 4 is 34.5 Å².